The van der Waals surface area contributed by atoms with Crippen LogP contribution in [0.25, 0.3) is 0 Å². The number of rotatable bonds is 0. The van der Waals surface area contributed by atoms with Gasteiger partial charge in [-0.3, -0.25) is 0 Å². The summed E-state index contributed by atoms with van der Waals surface area (Å²) in [6.45, 7) is 0. The van der Waals surface area contributed by atoms with Crippen molar-refractivity contribution in [3.63, 3.8) is 0 Å². The summed E-state index contributed by atoms with van der Waals surface area (Å²) < 4.78 is 13.3. The fourth-order valence-corrected chi connectivity index (χ4v) is 1.30. The minimum Gasteiger partial charge on any atom is -0.207 e. The summed E-state index contributed by atoms with van der Waals surface area (Å²) >= 11 is 1.97. The van der Waals surface area contributed by atoms with E-state index in [4.69, 9.17) is 5.26 Å². The zero-order chi connectivity index (χ0) is 8.97. The maximum atomic E-state index is 12.6. The molecule has 0 aromatic heterocycles. The maximum absolute atomic E-state index is 12.6. The molecular formula is C9H3FIN. The van der Waals surface area contributed by atoms with E-state index in [1.165, 1.54) is 12.1 Å². The molecule has 0 fully saturated rings. The molecule has 1 nitrogen and oxygen atoms in total. The van der Waals surface area contributed by atoms with Crippen molar-refractivity contribution in [1.29, 1.82) is 5.26 Å². The van der Waals surface area contributed by atoms with Crippen LogP contribution in [0.15, 0.2) is 18.2 Å². The van der Waals surface area contributed by atoms with Gasteiger partial charge in [-0.1, -0.05) is 0 Å². The van der Waals surface area contributed by atoms with Crippen molar-refractivity contribution in [1.82, 2.24) is 0 Å². The van der Waals surface area contributed by atoms with E-state index in [9.17, 15) is 4.39 Å². The monoisotopic (exact) mass is 271 g/mol. The lowest BCUT2D eigenvalue weighted by Gasteiger charge is -1.93. The Kier molecular flexibility index (Phi) is 3.07. The Hall–Kier alpha value is -1.07. The standard InChI is InChI=1S/C9H3FIN/c10-8-4-3-7(2-1-5-12)9(11)6-8/h3-4,6H. The molecule has 0 N–H and O–H groups in total. The van der Waals surface area contributed by atoms with Crippen LogP contribution in [0, 0.1) is 32.6 Å². The van der Waals surface area contributed by atoms with E-state index >= 15 is 0 Å². The summed E-state index contributed by atoms with van der Waals surface area (Å²) in [7, 11) is 0. The van der Waals surface area contributed by atoms with Crippen LogP contribution in [0.3, 0.4) is 0 Å². The van der Waals surface area contributed by atoms with Gasteiger partial charge in [0.25, 0.3) is 0 Å². The Morgan fingerprint density at radius 3 is 2.75 bits per heavy atom. The molecule has 1 aromatic rings. The van der Waals surface area contributed by atoms with Crippen molar-refractivity contribution >= 4 is 22.6 Å². The molecule has 0 radical (unpaired) electrons. The molecule has 0 aliphatic rings. The predicted octanol–water partition coefficient (Wildman–Crippen LogP) is 2.31. The molecule has 0 atom stereocenters. The molecule has 0 heterocycles. The molecule has 0 spiro atoms. The highest BCUT2D eigenvalue weighted by Crippen LogP contribution is 2.12. The molecule has 12 heavy (non-hydrogen) atoms. The molecule has 0 amide bonds. The van der Waals surface area contributed by atoms with Crippen molar-refractivity contribution in [3.8, 4) is 17.9 Å². The van der Waals surface area contributed by atoms with Gasteiger partial charge < -0.3 is 0 Å². The van der Waals surface area contributed by atoms with Gasteiger partial charge in [0.1, 0.15) is 5.82 Å². The van der Waals surface area contributed by atoms with Gasteiger partial charge in [-0.2, -0.15) is 5.26 Å². The molecule has 0 bridgehead atoms. The Bertz CT molecular complexity index is 395. The lowest BCUT2D eigenvalue weighted by molar-refractivity contribution is 0.626. The van der Waals surface area contributed by atoms with Crippen LogP contribution in [-0.4, -0.2) is 0 Å². The van der Waals surface area contributed by atoms with E-state index in [0.29, 0.717) is 5.56 Å². The lowest BCUT2D eigenvalue weighted by Crippen LogP contribution is -1.82. The van der Waals surface area contributed by atoms with Crippen LogP contribution < -0.4 is 0 Å². The summed E-state index contributed by atoms with van der Waals surface area (Å²) in [6.07, 6.45) is 0. The van der Waals surface area contributed by atoms with Crippen LogP contribution in [0.2, 0.25) is 0 Å². The van der Waals surface area contributed by atoms with Gasteiger partial charge in [0.15, 0.2) is 6.07 Å². The van der Waals surface area contributed by atoms with E-state index in [0.717, 1.165) is 3.57 Å². The second-order valence-corrected chi connectivity index (χ2v) is 3.15. The fourth-order valence-electron chi connectivity index (χ4n) is 0.686. The van der Waals surface area contributed by atoms with Gasteiger partial charge >= 0.3 is 0 Å². The minimum absolute atomic E-state index is 0.290. The lowest BCUT2D eigenvalue weighted by atomic mass is 10.2. The van der Waals surface area contributed by atoms with Gasteiger partial charge in [0, 0.05) is 15.1 Å². The summed E-state index contributed by atoms with van der Waals surface area (Å²) in [5, 5.41) is 8.17. The van der Waals surface area contributed by atoms with E-state index < -0.39 is 0 Å². The van der Waals surface area contributed by atoms with Crippen molar-refractivity contribution < 1.29 is 4.39 Å². The van der Waals surface area contributed by atoms with Crippen LogP contribution in [0.5, 0.6) is 0 Å². The number of nitriles is 1. The highest BCUT2D eigenvalue weighted by Gasteiger charge is 1.96. The fraction of sp³-hybridized carbons (Fsp3) is 0. The molecular weight excluding hydrogens is 268 g/mol. The van der Waals surface area contributed by atoms with Gasteiger partial charge in [0.05, 0.1) is 0 Å². The Labute approximate surface area is 83.3 Å². The van der Waals surface area contributed by atoms with Crippen molar-refractivity contribution in [3.05, 3.63) is 33.1 Å². The molecule has 0 saturated carbocycles. The van der Waals surface area contributed by atoms with Crippen molar-refractivity contribution in [2.24, 2.45) is 0 Å². The molecule has 0 aliphatic heterocycles. The third-order valence-electron chi connectivity index (χ3n) is 1.18. The number of hydrogen-bond acceptors (Lipinski definition) is 1. The van der Waals surface area contributed by atoms with Gasteiger partial charge in [-0.25, -0.2) is 4.39 Å². The highest BCUT2D eigenvalue weighted by atomic mass is 127. The zero-order valence-electron chi connectivity index (χ0n) is 5.94. The summed E-state index contributed by atoms with van der Waals surface area (Å²) in [4.78, 5) is 0. The average molecular weight is 271 g/mol. The van der Waals surface area contributed by atoms with Crippen LogP contribution in [-0.2, 0) is 0 Å². The first-order chi connectivity index (χ1) is 5.74. The molecule has 58 valence electrons. The van der Waals surface area contributed by atoms with E-state index in [1.54, 1.807) is 12.1 Å². The SMILES string of the molecule is N#CC#Cc1ccc(F)cc1I. The molecule has 0 unspecified atom stereocenters. The third kappa shape index (κ3) is 2.21. The van der Waals surface area contributed by atoms with Crippen LogP contribution >= 0.6 is 22.6 Å². The predicted molar refractivity (Wildman–Crippen MR) is 51.6 cm³/mol. The quantitative estimate of drug-likeness (QED) is 0.524. The van der Waals surface area contributed by atoms with Crippen molar-refractivity contribution in [2.45, 2.75) is 0 Å². The van der Waals surface area contributed by atoms with E-state index in [1.807, 2.05) is 22.6 Å². The Morgan fingerprint density at radius 1 is 1.42 bits per heavy atom. The topological polar surface area (TPSA) is 23.8 Å². The number of hydrogen-bond donors (Lipinski definition) is 0. The molecule has 1 aromatic carbocycles. The first kappa shape index (κ1) is 9.02. The first-order valence-electron chi connectivity index (χ1n) is 3.09. The molecule has 0 saturated heterocycles. The van der Waals surface area contributed by atoms with Gasteiger partial charge in [0.2, 0.25) is 0 Å². The smallest absolute Gasteiger partial charge is 0.152 e. The Balaban J connectivity index is 3.12. The Morgan fingerprint density at radius 2 is 2.17 bits per heavy atom. The summed E-state index contributed by atoms with van der Waals surface area (Å²) in [5.74, 6) is 4.57. The molecule has 0 aliphatic carbocycles. The first-order valence-corrected chi connectivity index (χ1v) is 4.17. The minimum atomic E-state index is -0.290. The van der Waals surface area contributed by atoms with Crippen LogP contribution in [0.4, 0.5) is 4.39 Å². The number of benzene rings is 1. The largest absolute Gasteiger partial charge is 0.207 e. The van der Waals surface area contributed by atoms with Crippen molar-refractivity contribution in [2.75, 3.05) is 0 Å². The van der Waals surface area contributed by atoms with Crippen LogP contribution in [0.1, 0.15) is 5.56 Å². The van der Waals surface area contributed by atoms with E-state index in [2.05, 4.69) is 11.8 Å². The normalized spacial score (nSPS) is 8.08. The van der Waals surface area contributed by atoms with Gasteiger partial charge in [-0.05, 0) is 46.7 Å². The number of nitrogens with zero attached hydrogens (tertiary/aromatic N) is 1. The number of halogens is 2. The second kappa shape index (κ2) is 4.08. The second-order valence-electron chi connectivity index (χ2n) is 1.99. The maximum Gasteiger partial charge on any atom is 0.152 e. The van der Waals surface area contributed by atoms with Gasteiger partial charge in [-0.15, -0.1) is 0 Å². The molecule has 3 heteroatoms. The summed E-state index contributed by atoms with van der Waals surface area (Å²) in [5.41, 5.74) is 0.679. The van der Waals surface area contributed by atoms with E-state index in [-0.39, 0.29) is 5.82 Å². The summed E-state index contributed by atoms with van der Waals surface area (Å²) in [6, 6.07) is 5.96. The highest BCUT2D eigenvalue weighted by molar-refractivity contribution is 14.1. The molecule has 1 rings (SSSR count). The third-order valence-corrected chi connectivity index (χ3v) is 2.08. The average Bonchev–Trinajstić information content (AvgIpc) is 2.03. The zero-order valence-corrected chi connectivity index (χ0v) is 8.09.